The van der Waals surface area contributed by atoms with Crippen molar-refractivity contribution in [2.45, 2.75) is 0 Å². The molecule has 0 saturated heterocycles. The first-order valence-electron chi connectivity index (χ1n) is 4.76. The predicted molar refractivity (Wildman–Crippen MR) is 60.8 cm³/mol. The van der Waals surface area contributed by atoms with Gasteiger partial charge in [-0.15, -0.1) is 0 Å². The number of aromatic nitrogens is 2. The summed E-state index contributed by atoms with van der Waals surface area (Å²) in [5, 5.41) is 9.77. The number of aromatic carboxylic acids is 1. The number of rotatable bonds is 2. The average Bonchev–Trinajstić information content (AvgIpc) is 2.27. The highest BCUT2D eigenvalue weighted by atomic mass is 16.4. The lowest BCUT2D eigenvalue weighted by Gasteiger charge is -2.10. The fourth-order valence-corrected chi connectivity index (χ4v) is 1.43. The minimum absolute atomic E-state index is 0.197. The maximum Gasteiger partial charge on any atom is 0.337 e. The first-order chi connectivity index (χ1) is 7.59. The van der Waals surface area contributed by atoms with Crippen molar-refractivity contribution in [1.82, 2.24) is 9.97 Å². The average molecular weight is 217 g/mol. The molecule has 5 nitrogen and oxygen atoms in total. The van der Waals surface area contributed by atoms with Gasteiger partial charge in [0.05, 0.1) is 11.1 Å². The molecule has 0 aliphatic carbocycles. The van der Waals surface area contributed by atoms with Gasteiger partial charge in [0.1, 0.15) is 0 Å². The summed E-state index contributed by atoms with van der Waals surface area (Å²) in [4.78, 5) is 21.1. The highest BCUT2D eigenvalue weighted by molar-refractivity contribution is 6.01. The summed E-state index contributed by atoms with van der Waals surface area (Å²) >= 11 is 0. The van der Waals surface area contributed by atoms with Crippen molar-refractivity contribution in [3.63, 3.8) is 0 Å². The van der Waals surface area contributed by atoms with Crippen molar-refractivity contribution in [3.8, 4) is 0 Å². The molecule has 0 fully saturated rings. The van der Waals surface area contributed by atoms with Crippen molar-refractivity contribution in [2.75, 3.05) is 19.0 Å². The quantitative estimate of drug-likeness (QED) is 0.823. The van der Waals surface area contributed by atoms with Crippen molar-refractivity contribution in [3.05, 3.63) is 30.0 Å². The number of carboxylic acid groups (broad SMARTS) is 1. The number of fused-ring (bicyclic) bond motifs is 1. The number of hydrogen-bond donors (Lipinski definition) is 1. The van der Waals surface area contributed by atoms with Gasteiger partial charge in [-0.05, 0) is 6.07 Å². The molecule has 1 aromatic carbocycles. The van der Waals surface area contributed by atoms with E-state index in [1.165, 1.54) is 6.07 Å². The maximum absolute atomic E-state index is 11.0. The normalized spacial score (nSPS) is 10.4. The van der Waals surface area contributed by atoms with Gasteiger partial charge in [-0.3, -0.25) is 0 Å². The molecule has 2 rings (SSSR count). The van der Waals surface area contributed by atoms with Gasteiger partial charge in [0.25, 0.3) is 0 Å². The van der Waals surface area contributed by atoms with Crippen LogP contribution in [0.4, 0.5) is 5.95 Å². The van der Waals surface area contributed by atoms with Crippen LogP contribution < -0.4 is 4.90 Å². The van der Waals surface area contributed by atoms with Crippen LogP contribution in [0.3, 0.4) is 0 Å². The molecule has 1 aromatic heterocycles. The second kappa shape index (κ2) is 3.77. The lowest BCUT2D eigenvalue weighted by atomic mass is 10.1. The Labute approximate surface area is 92.4 Å². The summed E-state index contributed by atoms with van der Waals surface area (Å²) in [6, 6.07) is 5.02. The van der Waals surface area contributed by atoms with E-state index in [4.69, 9.17) is 5.11 Å². The standard InChI is InChI=1S/C11H11N3O2/c1-14(2)11-12-6-7-4-3-5-8(10(15)16)9(7)13-11/h3-6H,1-2H3,(H,15,16). The van der Waals surface area contributed by atoms with Crippen molar-refractivity contribution >= 4 is 22.8 Å². The number of hydrogen-bond acceptors (Lipinski definition) is 4. The van der Waals surface area contributed by atoms with Gasteiger partial charge in [-0.1, -0.05) is 12.1 Å². The summed E-state index contributed by atoms with van der Waals surface area (Å²) < 4.78 is 0. The second-order valence-corrected chi connectivity index (χ2v) is 3.61. The molecule has 0 bridgehead atoms. The molecule has 1 heterocycles. The van der Waals surface area contributed by atoms with Crippen LogP contribution >= 0.6 is 0 Å². The van der Waals surface area contributed by atoms with Crippen molar-refractivity contribution < 1.29 is 9.90 Å². The largest absolute Gasteiger partial charge is 0.478 e. The van der Waals surface area contributed by atoms with E-state index in [-0.39, 0.29) is 5.56 Å². The van der Waals surface area contributed by atoms with E-state index in [1.807, 2.05) is 14.1 Å². The zero-order valence-electron chi connectivity index (χ0n) is 9.01. The van der Waals surface area contributed by atoms with Crippen LogP contribution in [0.2, 0.25) is 0 Å². The number of carbonyl (C=O) groups is 1. The van der Waals surface area contributed by atoms with Crippen LogP contribution in [0.25, 0.3) is 10.9 Å². The SMILES string of the molecule is CN(C)c1ncc2cccc(C(=O)O)c2n1. The van der Waals surface area contributed by atoms with Crippen molar-refractivity contribution in [1.29, 1.82) is 0 Å². The Kier molecular flexibility index (Phi) is 2.44. The van der Waals surface area contributed by atoms with Gasteiger partial charge in [-0.25, -0.2) is 14.8 Å². The van der Waals surface area contributed by atoms with Crippen LogP contribution in [-0.4, -0.2) is 35.1 Å². The fraction of sp³-hybridized carbons (Fsp3) is 0.182. The summed E-state index contributed by atoms with van der Waals surface area (Å²) in [5.41, 5.74) is 0.664. The molecular weight excluding hydrogens is 206 g/mol. The van der Waals surface area contributed by atoms with Gasteiger partial charge in [-0.2, -0.15) is 0 Å². The Morgan fingerprint density at radius 3 is 2.75 bits per heavy atom. The smallest absolute Gasteiger partial charge is 0.337 e. The summed E-state index contributed by atoms with van der Waals surface area (Å²) in [7, 11) is 3.62. The first-order valence-corrected chi connectivity index (χ1v) is 4.76. The molecule has 0 aliphatic heterocycles. The molecule has 0 aliphatic rings. The molecule has 0 amide bonds. The number of para-hydroxylation sites is 1. The van der Waals surface area contributed by atoms with E-state index in [1.54, 1.807) is 23.2 Å². The maximum atomic E-state index is 11.0. The summed E-state index contributed by atoms with van der Waals surface area (Å²) in [6.45, 7) is 0. The third-order valence-corrected chi connectivity index (χ3v) is 2.23. The van der Waals surface area contributed by atoms with E-state index in [2.05, 4.69) is 9.97 Å². The van der Waals surface area contributed by atoms with Crippen LogP contribution in [0, 0.1) is 0 Å². The van der Waals surface area contributed by atoms with Gasteiger partial charge in [0.2, 0.25) is 5.95 Å². The Hall–Kier alpha value is -2.17. The van der Waals surface area contributed by atoms with Crippen LogP contribution in [0.1, 0.15) is 10.4 Å². The molecule has 82 valence electrons. The number of nitrogens with zero attached hydrogens (tertiary/aromatic N) is 3. The topological polar surface area (TPSA) is 66.3 Å². The lowest BCUT2D eigenvalue weighted by Crippen LogP contribution is -2.13. The van der Waals surface area contributed by atoms with E-state index >= 15 is 0 Å². The zero-order chi connectivity index (χ0) is 11.7. The van der Waals surface area contributed by atoms with Crippen LogP contribution in [-0.2, 0) is 0 Å². The molecule has 16 heavy (non-hydrogen) atoms. The van der Waals surface area contributed by atoms with Gasteiger partial charge < -0.3 is 10.0 Å². The summed E-state index contributed by atoms with van der Waals surface area (Å²) in [6.07, 6.45) is 1.63. The highest BCUT2D eigenvalue weighted by Crippen LogP contribution is 2.18. The Bertz CT molecular complexity index is 552. The molecule has 5 heteroatoms. The molecule has 0 radical (unpaired) electrons. The van der Waals surface area contributed by atoms with Gasteiger partial charge in [0.15, 0.2) is 0 Å². The summed E-state index contributed by atoms with van der Waals surface area (Å²) in [5.74, 6) is -0.477. The Morgan fingerprint density at radius 2 is 2.12 bits per heavy atom. The molecule has 1 N–H and O–H groups in total. The molecule has 0 saturated carbocycles. The molecule has 0 spiro atoms. The minimum Gasteiger partial charge on any atom is -0.478 e. The van der Waals surface area contributed by atoms with Crippen molar-refractivity contribution in [2.24, 2.45) is 0 Å². The van der Waals surface area contributed by atoms with E-state index in [0.29, 0.717) is 11.5 Å². The Balaban J connectivity index is 2.73. The lowest BCUT2D eigenvalue weighted by molar-refractivity contribution is 0.0699. The Morgan fingerprint density at radius 1 is 1.38 bits per heavy atom. The number of carboxylic acids is 1. The van der Waals surface area contributed by atoms with E-state index in [9.17, 15) is 4.79 Å². The molecule has 0 unspecified atom stereocenters. The zero-order valence-corrected chi connectivity index (χ0v) is 9.01. The fourth-order valence-electron chi connectivity index (χ4n) is 1.43. The van der Waals surface area contributed by atoms with Gasteiger partial charge in [0, 0.05) is 25.7 Å². The van der Waals surface area contributed by atoms with E-state index in [0.717, 1.165) is 5.39 Å². The predicted octanol–water partition coefficient (Wildman–Crippen LogP) is 1.39. The third-order valence-electron chi connectivity index (χ3n) is 2.23. The first kappa shape index (κ1) is 10.4. The van der Waals surface area contributed by atoms with Crippen LogP contribution in [0.5, 0.6) is 0 Å². The van der Waals surface area contributed by atoms with Gasteiger partial charge >= 0.3 is 5.97 Å². The van der Waals surface area contributed by atoms with Crippen LogP contribution in [0.15, 0.2) is 24.4 Å². The molecule has 0 atom stereocenters. The monoisotopic (exact) mass is 217 g/mol. The third kappa shape index (κ3) is 1.67. The molecule has 2 aromatic rings. The molecular formula is C11H11N3O2. The number of benzene rings is 1. The highest BCUT2D eigenvalue weighted by Gasteiger charge is 2.10. The second-order valence-electron chi connectivity index (χ2n) is 3.61. The number of anilines is 1. The minimum atomic E-state index is -0.978. The van der Waals surface area contributed by atoms with E-state index < -0.39 is 5.97 Å².